The number of methoxy groups -OCH3 is 1. The van der Waals surface area contributed by atoms with Crippen LogP contribution in [0.3, 0.4) is 0 Å². The van der Waals surface area contributed by atoms with Crippen LogP contribution in [0.4, 0.5) is 0 Å². The average Bonchev–Trinajstić information content (AvgIpc) is 2.95. The minimum absolute atomic E-state index is 0.234. The average molecular weight is 316 g/mol. The van der Waals surface area contributed by atoms with E-state index in [1.165, 1.54) is 29.1 Å². The van der Waals surface area contributed by atoms with Crippen molar-refractivity contribution in [2.24, 2.45) is 4.99 Å². The van der Waals surface area contributed by atoms with Crippen molar-refractivity contribution in [2.45, 2.75) is 19.8 Å². The monoisotopic (exact) mass is 316 g/mol. The summed E-state index contributed by atoms with van der Waals surface area (Å²) in [7, 11) is 3.10. The second kappa shape index (κ2) is 8.22. The summed E-state index contributed by atoms with van der Waals surface area (Å²) >= 11 is 0. The molecule has 0 aliphatic carbocycles. The molecule has 6 nitrogen and oxygen atoms in total. The van der Waals surface area contributed by atoms with Crippen LogP contribution in [0.15, 0.2) is 29.4 Å². The van der Waals surface area contributed by atoms with E-state index in [9.17, 15) is 4.79 Å². The quantitative estimate of drug-likeness (QED) is 0.431. The molecule has 2 aromatic rings. The highest BCUT2D eigenvalue weighted by molar-refractivity contribution is 5.84. The first kappa shape index (κ1) is 16.9. The Bertz CT molecular complexity index is 691. The van der Waals surface area contributed by atoms with E-state index in [1.807, 2.05) is 0 Å². The molecule has 0 aliphatic rings. The van der Waals surface area contributed by atoms with Crippen molar-refractivity contribution >= 4 is 22.8 Å². The van der Waals surface area contributed by atoms with Crippen LogP contribution >= 0.6 is 0 Å². The lowest BCUT2D eigenvalue weighted by molar-refractivity contribution is -0.140. The maximum absolute atomic E-state index is 11.1. The number of aromatic nitrogens is 1. The normalized spacial score (nSPS) is 11.5. The number of nitrogens with zero attached hydrogens (tertiary/aromatic N) is 1. The van der Waals surface area contributed by atoms with Crippen molar-refractivity contribution in [1.29, 1.82) is 0 Å². The molecule has 0 bridgehead atoms. The highest BCUT2D eigenvalue weighted by Gasteiger charge is 2.05. The second-order valence-corrected chi connectivity index (χ2v) is 5.36. The zero-order chi connectivity index (χ0) is 16.7. The number of H-pyrrole nitrogens is 1. The molecule has 0 amide bonds. The van der Waals surface area contributed by atoms with Gasteiger partial charge in [-0.2, -0.15) is 0 Å². The zero-order valence-electron chi connectivity index (χ0n) is 13.9. The minimum Gasteiger partial charge on any atom is -0.469 e. The molecular formula is C17H24N4O2. The van der Waals surface area contributed by atoms with Crippen molar-refractivity contribution in [3.63, 3.8) is 0 Å². The zero-order valence-corrected chi connectivity index (χ0v) is 13.9. The van der Waals surface area contributed by atoms with Crippen LogP contribution in [0.5, 0.6) is 0 Å². The molecule has 3 N–H and O–H groups in total. The third kappa shape index (κ3) is 4.74. The number of benzene rings is 1. The molecule has 0 aliphatic heterocycles. The Morgan fingerprint density at radius 1 is 1.30 bits per heavy atom. The van der Waals surface area contributed by atoms with Crippen molar-refractivity contribution in [2.75, 3.05) is 27.2 Å². The fraction of sp³-hybridized carbons (Fsp3) is 0.412. The molecule has 1 heterocycles. The van der Waals surface area contributed by atoms with Crippen LogP contribution < -0.4 is 10.6 Å². The van der Waals surface area contributed by atoms with Crippen molar-refractivity contribution < 1.29 is 9.53 Å². The van der Waals surface area contributed by atoms with Crippen LogP contribution in [-0.4, -0.2) is 44.2 Å². The predicted octanol–water partition coefficient (Wildman–Crippen LogP) is 1.75. The molecule has 0 unspecified atom stereocenters. The second-order valence-electron chi connectivity index (χ2n) is 5.36. The number of hydrogen-bond donors (Lipinski definition) is 3. The summed E-state index contributed by atoms with van der Waals surface area (Å²) in [5, 5.41) is 7.59. The molecule has 0 radical (unpaired) electrons. The van der Waals surface area contributed by atoms with Crippen molar-refractivity contribution in [3.8, 4) is 0 Å². The Labute approximate surface area is 136 Å². The number of carbonyl (C=O) groups excluding carboxylic acids is 1. The summed E-state index contributed by atoms with van der Waals surface area (Å²) in [6, 6.07) is 6.43. The van der Waals surface area contributed by atoms with E-state index < -0.39 is 0 Å². The van der Waals surface area contributed by atoms with Gasteiger partial charge in [-0.15, -0.1) is 0 Å². The molecular weight excluding hydrogens is 292 g/mol. The van der Waals surface area contributed by atoms with E-state index in [1.54, 1.807) is 7.05 Å². The molecule has 0 saturated heterocycles. The SMILES string of the molecule is CN=C(NCCC(=O)OC)NCCc1c[nH]c2cc(C)ccc12. The number of aromatic amines is 1. The van der Waals surface area contributed by atoms with E-state index in [0.717, 1.165) is 13.0 Å². The Morgan fingerprint density at radius 2 is 2.09 bits per heavy atom. The summed E-state index contributed by atoms with van der Waals surface area (Å²) in [6.07, 6.45) is 3.26. The summed E-state index contributed by atoms with van der Waals surface area (Å²) in [6.45, 7) is 3.35. The van der Waals surface area contributed by atoms with Crippen molar-refractivity contribution in [3.05, 3.63) is 35.5 Å². The lowest BCUT2D eigenvalue weighted by atomic mass is 10.1. The van der Waals surface area contributed by atoms with Gasteiger partial charge in [-0.05, 0) is 30.5 Å². The van der Waals surface area contributed by atoms with Gasteiger partial charge in [-0.1, -0.05) is 12.1 Å². The predicted molar refractivity (Wildman–Crippen MR) is 92.7 cm³/mol. The molecule has 0 fully saturated rings. The Morgan fingerprint density at radius 3 is 2.83 bits per heavy atom. The first-order valence-corrected chi connectivity index (χ1v) is 7.72. The number of ether oxygens (including phenoxy) is 1. The molecule has 0 saturated carbocycles. The topological polar surface area (TPSA) is 78.5 Å². The molecule has 2 rings (SSSR count). The van der Waals surface area contributed by atoms with E-state index >= 15 is 0 Å². The molecule has 6 heteroatoms. The van der Waals surface area contributed by atoms with Gasteiger partial charge in [-0.25, -0.2) is 0 Å². The van der Waals surface area contributed by atoms with E-state index in [2.05, 4.69) is 56.7 Å². The molecule has 1 aromatic carbocycles. The Balaban J connectivity index is 1.81. The summed E-state index contributed by atoms with van der Waals surface area (Å²) < 4.78 is 4.60. The first-order valence-electron chi connectivity index (χ1n) is 7.72. The van der Waals surface area contributed by atoms with Gasteiger partial charge in [0.15, 0.2) is 5.96 Å². The van der Waals surface area contributed by atoms with Crippen LogP contribution in [-0.2, 0) is 16.0 Å². The number of aliphatic imine (C=N–C) groups is 1. The fourth-order valence-corrected chi connectivity index (χ4v) is 2.43. The highest BCUT2D eigenvalue weighted by Crippen LogP contribution is 2.19. The Hall–Kier alpha value is -2.50. The number of rotatable bonds is 6. The molecule has 0 spiro atoms. The number of guanidine groups is 1. The van der Waals surface area contributed by atoms with Crippen LogP contribution in [0.2, 0.25) is 0 Å². The number of hydrogen-bond acceptors (Lipinski definition) is 3. The van der Waals surface area contributed by atoms with Crippen LogP contribution in [0.1, 0.15) is 17.5 Å². The van der Waals surface area contributed by atoms with E-state index in [0.29, 0.717) is 18.9 Å². The lowest BCUT2D eigenvalue weighted by Gasteiger charge is -2.11. The van der Waals surface area contributed by atoms with E-state index in [-0.39, 0.29) is 5.97 Å². The number of carbonyl (C=O) groups is 1. The lowest BCUT2D eigenvalue weighted by Crippen LogP contribution is -2.39. The number of fused-ring (bicyclic) bond motifs is 1. The van der Waals surface area contributed by atoms with Gasteiger partial charge in [0.1, 0.15) is 0 Å². The highest BCUT2D eigenvalue weighted by atomic mass is 16.5. The minimum atomic E-state index is -0.234. The Kier molecular flexibility index (Phi) is 6.02. The summed E-state index contributed by atoms with van der Waals surface area (Å²) in [5.74, 6) is 0.451. The number of aryl methyl sites for hydroxylation is 1. The fourth-order valence-electron chi connectivity index (χ4n) is 2.43. The van der Waals surface area contributed by atoms with Gasteiger partial charge >= 0.3 is 5.97 Å². The van der Waals surface area contributed by atoms with Gasteiger partial charge in [0.05, 0.1) is 13.5 Å². The smallest absolute Gasteiger partial charge is 0.307 e. The maximum Gasteiger partial charge on any atom is 0.307 e. The third-order valence-corrected chi connectivity index (χ3v) is 3.68. The van der Waals surface area contributed by atoms with Gasteiger partial charge in [0.2, 0.25) is 0 Å². The summed E-state index contributed by atoms with van der Waals surface area (Å²) in [5.41, 5.74) is 3.69. The van der Waals surface area contributed by atoms with Gasteiger partial charge in [0, 0.05) is 37.2 Å². The van der Waals surface area contributed by atoms with Crippen LogP contribution in [0, 0.1) is 6.92 Å². The first-order chi connectivity index (χ1) is 11.1. The standard InChI is InChI=1S/C17H24N4O2/c1-12-4-5-14-13(11-21-15(14)10-12)6-8-19-17(18-2)20-9-7-16(22)23-3/h4-5,10-11,21H,6-9H2,1-3H3,(H2,18,19,20). The van der Waals surface area contributed by atoms with Gasteiger partial charge < -0.3 is 20.4 Å². The third-order valence-electron chi connectivity index (χ3n) is 3.68. The maximum atomic E-state index is 11.1. The van der Waals surface area contributed by atoms with Crippen molar-refractivity contribution in [1.82, 2.24) is 15.6 Å². The van der Waals surface area contributed by atoms with Crippen LogP contribution in [0.25, 0.3) is 10.9 Å². The van der Waals surface area contributed by atoms with E-state index in [4.69, 9.17) is 0 Å². The van der Waals surface area contributed by atoms with Gasteiger partial charge in [-0.3, -0.25) is 9.79 Å². The molecule has 124 valence electrons. The largest absolute Gasteiger partial charge is 0.469 e. The van der Waals surface area contributed by atoms with Gasteiger partial charge in [0.25, 0.3) is 0 Å². The summed E-state index contributed by atoms with van der Waals surface area (Å²) in [4.78, 5) is 18.5. The molecule has 23 heavy (non-hydrogen) atoms. The number of esters is 1. The molecule has 0 atom stereocenters. The number of nitrogens with one attached hydrogen (secondary N) is 3. The molecule has 1 aromatic heterocycles.